The van der Waals surface area contributed by atoms with Gasteiger partial charge in [0.25, 0.3) is 0 Å². The summed E-state index contributed by atoms with van der Waals surface area (Å²) in [4.78, 5) is 15.1. The first-order valence-electron chi connectivity index (χ1n) is 9.70. The van der Waals surface area contributed by atoms with E-state index < -0.39 is 6.10 Å². The summed E-state index contributed by atoms with van der Waals surface area (Å²) < 4.78 is 21.6. The smallest absolute Gasteiger partial charge is 0.169 e. The van der Waals surface area contributed by atoms with Gasteiger partial charge < -0.3 is 24.1 Å². The Morgan fingerprint density at radius 3 is 2.75 bits per heavy atom. The number of carbonyl (C=O) groups is 1. The molecule has 7 heteroatoms. The number of hydrogen-bond donors (Lipinski definition) is 1. The van der Waals surface area contributed by atoms with Gasteiger partial charge >= 0.3 is 0 Å². The van der Waals surface area contributed by atoms with E-state index in [1.165, 1.54) is 0 Å². The lowest BCUT2D eigenvalue weighted by Crippen LogP contribution is -2.37. The first-order valence-corrected chi connectivity index (χ1v) is 9.70. The van der Waals surface area contributed by atoms with Gasteiger partial charge in [-0.15, -0.1) is 0 Å². The molecule has 0 saturated carbocycles. The second kappa shape index (κ2) is 9.91. The van der Waals surface area contributed by atoms with Crippen molar-refractivity contribution in [2.45, 2.75) is 25.4 Å². The van der Waals surface area contributed by atoms with Crippen molar-refractivity contribution < 1.29 is 28.8 Å². The van der Waals surface area contributed by atoms with Gasteiger partial charge in [-0.25, -0.2) is 0 Å². The molecule has 1 atom stereocenters. The van der Waals surface area contributed by atoms with Crippen LogP contribution in [-0.2, 0) is 20.7 Å². The maximum absolute atomic E-state index is 12.7. The molecule has 1 aromatic carbocycles. The highest BCUT2D eigenvalue weighted by atomic mass is 16.5. The number of hydrogen-bond acceptors (Lipinski definition) is 7. The topological polar surface area (TPSA) is 77.5 Å². The van der Waals surface area contributed by atoms with Crippen molar-refractivity contribution in [2.24, 2.45) is 0 Å². The van der Waals surface area contributed by atoms with Gasteiger partial charge in [0.1, 0.15) is 23.4 Å². The molecule has 1 unspecified atom stereocenters. The number of ketones is 1. The summed E-state index contributed by atoms with van der Waals surface area (Å²) in [6, 6.07) is 5.34. The summed E-state index contributed by atoms with van der Waals surface area (Å²) >= 11 is 0. The van der Waals surface area contributed by atoms with Gasteiger partial charge in [0.15, 0.2) is 5.78 Å². The van der Waals surface area contributed by atoms with Crippen LogP contribution in [-0.4, -0.2) is 75.6 Å². The number of methoxy groups -OCH3 is 2. The summed E-state index contributed by atoms with van der Waals surface area (Å²) in [5.41, 5.74) is 1.09. The van der Waals surface area contributed by atoms with Crippen LogP contribution in [0, 0.1) is 0 Å². The molecule has 154 valence electrons. The van der Waals surface area contributed by atoms with E-state index in [1.54, 1.807) is 32.4 Å². The van der Waals surface area contributed by atoms with E-state index in [-0.39, 0.29) is 24.6 Å². The average Bonchev–Trinajstić information content (AvgIpc) is 3.09. The van der Waals surface area contributed by atoms with Crippen molar-refractivity contribution in [1.29, 1.82) is 0 Å². The lowest BCUT2D eigenvalue weighted by molar-refractivity contribution is -0.115. The number of nitrogens with zero attached hydrogens (tertiary/aromatic N) is 1. The summed E-state index contributed by atoms with van der Waals surface area (Å²) in [7, 11) is 3.14. The number of aliphatic hydroxyl groups is 1. The van der Waals surface area contributed by atoms with Crippen LogP contribution in [0.25, 0.3) is 0 Å². The number of carbonyl (C=O) groups excluding carboxylic acids is 1. The van der Waals surface area contributed by atoms with Gasteiger partial charge in [-0.1, -0.05) is 0 Å². The zero-order valence-corrected chi connectivity index (χ0v) is 16.6. The van der Waals surface area contributed by atoms with Crippen LogP contribution < -0.4 is 9.47 Å². The van der Waals surface area contributed by atoms with Crippen LogP contribution in [0.15, 0.2) is 29.5 Å². The molecule has 7 nitrogen and oxygen atoms in total. The van der Waals surface area contributed by atoms with Crippen LogP contribution in [0.1, 0.15) is 18.4 Å². The lowest BCUT2D eigenvalue weighted by atomic mass is 10.0. The molecule has 1 N–H and O–H groups in total. The van der Waals surface area contributed by atoms with Gasteiger partial charge in [0.05, 0.1) is 39.6 Å². The van der Waals surface area contributed by atoms with Crippen LogP contribution >= 0.6 is 0 Å². The Kier molecular flexibility index (Phi) is 7.30. The van der Waals surface area contributed by atoms with Crippen molar-refractivity contribution in [3.63, 3.8) is 0 Å². The molecule has 0 spiro atoms. The van der Waals surface area contributed by atoms with Gasteiger partial charge in [0.2, 0.25) is 0 Å². The number of rotatable bonds is 9. The van der Waals surface area contributed by atoms with Crippen molar-refractivity contribution in [1.82, 2.24) is 4.90 Å². The fraction of sp³-hybridized carbons (Fsp3) is 0.571. The molecule has 2 heterocycles. The largest absolute Gasteiger partial charge is 0.509 e. The van der Waals surface area contributed by atoms with Crippen molar-refractivity contribution in [2.75, 3.05) is 53.7 Å². The number of morpholine rings is 1. The highest BCUT2D eigenvalue weighted by Gasteiger charge is 2.30. The maximum atomic E-state index is 12.7. The lowest BCUT2D eigenvalue weighted by Gasteiger charge is -2.26. The Hall–Kier alpha value is -2.09. The molecular weight excluding hydrogens is 362 g/mol. The summed E-state index contributed by atoms with van der Waals surface area (Å²) in [5, 5.41) is 10.5. The molecule has 2 aliphatic rings. The van der Waals surface area contributed by atoms with Crippen molar-refractivity contribution >= 4 is 5.78 Å². The predicted molar refractivity (Wildman–Crippen MR) is 104 cm³/mol. The molecule has 0 aliphatic carbocycles. The van der Waals surface area contributed by atoms with Crippen LogP contribution in [0.2, 0.25) is 0 Å². The van der Waals surface area contributed by atoms with E-state index in [2.05, 4.69) is 4.90 Å². The van der Waals surface area contributed by atoms with Gasteiger partial charge in [-0.05, 0) is 37.6 Å². The molecule has 2 aliphatic heterocycles. The fourth-order valence-electron chi connectivity index (χ4n) is 3.60. The van der Waals surface area contributed by atoms with Crippen LogP contribution in [0.3, 0.4) is 0 Å². The fourth-order valence-corrected chi connectivity index (χ4v) is 3.60. The highest BCUT2D eigenvalue weighted by Crippen LogP contribution is 2.28. The highest BCUT2D eigenvalue weighted by molar-refractivity contribution is 5.98. The number of aliphatic hydroxyl groups excluding tert-OH is 1. The Morgan fingerprint density at radius 1 is 1.25 bits per heavy atom. The molecule has 0 amide bonds. The molecule has 0 radical (unpaired) electrons. The quantitative estimate of drug-likeness (QED) is 0.691. The first-order chi connectivity index (χ1) is 13.6. The molecule has 3 rings (SSSR count). The van der Waals surface area contributed by atoms with Crippen molar-refractivity contribution in [3.05, 3.63) is 35.1 Å². The number of ether oxygens (including phenoxy) is 4. The summed E-state index contributed by atoms with van der Waals surface area (Å²) in [5.74, 6) is 1.20. The minimum Gasteiger partial charge on any atom is -0.509 e. The zero-order valence-electron chi connectivity index (χ0n) is 16.6. The summed E-state index contributed by atoms with van der Waals surface area (Å²) in [6.07, 6.45) is 1.33. The molecule has 28 heavy (non-hydrogen) atoms. The monoisotopic (exact) mass is 391 g/mol. The average molecular weight is 391 g/mol. The Balaban J connectivity index is 1.57. The van der Waals surface area contributed by atoms with E-state index >= 15 is 0 Å². The third-order valence-electron chi connectivity index (χ3n) is 5.26. The van der Waals surface area contributed by atoms with Crippen LogP contribution in [0.4, 0.5) is 0 Å². The molecule has 0 bridgehead atoms. The summed E-state index contributed by atoms with van der Waals surface area (Å²) in [6.45, 7) is 4.54. The Bertz CT molecular complexity index is 711. The van der Waals surface area contributed by atoms with Crippen LogP contribution in [0.5, 0.6) is 11.5 Å². The standard InChI is InChI=1S/C21H29NO6/c1-25-16-5-6-19(26-2)15(12-16)13-18(23)17-14-28-20(21(17)24)4-3-7-22-8-10-27-11-9-22/h5-6,12,20,24H,3-4,7-11,13-14H2,1-2H3. The molecule has 1 aromatic rings. The SMILES string of the molecule is COc1ccc(OC)c(CC(=O)C2=C(O)C(CCCN3CCOCC3)OC2)c1. The normalized spacial score (nSPS) is 20.4. The Morgan fingerprint density at radius 2 is 2.04 bits per heavy atom. The van der Waals surface area contributed by atoms with E-state index in [1.807, 2.05) is 0 Å². The maximum Gasteiger partial charge on any atom is 0.169 e. The predicted octanol–water partition coefficient (Wildman–Crippen LogP) is 2.14. The molecule has 1 fully saturated rings. The third-order valence-corrected chi connectivity index (χ3v) is 5.26. The van der Waals surface area contributed by atoms with E-state index in [4.69, 9.17) is 18.9 Å². The molecule has 0 aromatic heterocycles. The third kappa shape index (κ3) is 5.04. The molecule has 1 saturated heterocycles. The first kappa shape index (κ1) is 20.6. The number of benzene rings is 1. The Labute approximate surface area is 165 Å². The van der Waals surface area contributed by atoms with Gasteiger partial charge in [-0.2, -0.15) is 0 Å². The van der Waals surface area contributed by atoms with Crippen molar-refractivity contribution in [3.8, 4) is 11.5 Å². The minimum atomic E-state index is -0.396. The zero-order chi connectivity index (χ0) is 19.9. The van der Waals surface area contributed by atoms with Gasteiger partial charge in [-0.3, -0.25) is 9.69 Å². The minimum absolute atomic E-state index is 0.0776. The second-order valence-corrected chi connectivity index (χ2v) is 7.04. The van der Waals surface area contributed by atoms with E-state index in [9.17, 15) is 9.90 Å². The van der Waals surface area contributed by atoms with E-state index in [0.717, 1.165) is 44.8 Å². The number of Topliss-reactive ketones (excluding diaryl/α,β-unsaturated/α-hetero) is 1. The van der Waals surface area contributed by atoms with Gasteiger partial charge in [0, 0.05) is 25.1 Å². The second-order valence-electron chi connectivity index (χ2n) is 7.04. The van der Waals surface area contributed by atoms with E-state index in [0.29, 0.717) is 23.5 Å². The molecular formula is C21H29NO6.